The fourth-order valence-corrected chi connectivity index (χ4v) is 5.93. The van der Waals surface area contributed by atoms with Crippen molar-refractivity contribution in [1.82, 2.24) is 0 Å². The lowest BCUT2D eigenvalue weighted by atomic mass is 10.1. The molecule has 0 radical (unpaired) electrons. The van der Waals surface area contributed by atoms with E-state index in [1.807, 2.05) is 6.07 Å². The maximum atomic E-state index is 12.7. The molecule has 274 valence electrons. The molecule has 0 aromatic heterocycles. The van der Waals surface area contributed by atoms with Crippen molar-refractivity contribution in [2.75, 3.05) is 0 Å². The van der Waals surface area contributed by atoms with E-state index in [1.54, 1.807) is 24.3 Å². The summed E-state index contributed by atoms with van der Waals surface area (Å²) in [5, 5.41) is 0. The Morgan fingerprint density at radius 1 is 0.500 bits per heavy atom. The van der Waals surface area contributed by atoms with Gasteiger partial charge in [-0.2, -0.15) is 0 Å². The molecule has 0 amide bonds. The lowest BCUT2D eigenvalue weighted by molar-refractivity contribution is -0.233. The summed E-state index contributed by atoms with van der Waals surface area (Å²) in [6.07, 6.45) is 41.0. The van der Waals surface area contributed by atoms with E-state index >= 15 is 0 Å². The molecule has 0 saturated carbocycles. The maximum absolute atomic E-state index is 12.7. The monoisotopic (exact) mass is 668 g/mol. The summed E-state index contributed by atoms with van der Waals surface area (Å²) in [7, 11) is 0. The Morgan fingerprint density at radius 2 is 0.812 bits per heavy atom. The molecule has 0 unspecified atom stereocenters. The van der Waals surface area contributed by atoms with E-state index in [4.69, 9.17) is 15.2 Å². The van der Waals surface area contributed by atoms with Crippen molar-refractivity contribution >= 4 is 11.9 Å². The van der Waals surface area contributed by atoms with E-state index in [-0.39, 0.29) is 12.8 Å². The van der Waals surface area contributed by atoms with Gasteiger partial charge in [-0.25, -0.2) is 0 Å². The number of ether oxygens (including phenoxy) is 2. The Hall–Kier alpha value is -2.40. The van der Waals surface area contributed by atoms with Gasteiger partial charge in [-0.15, -0.1) is 0 Å². The van der Waals surface area contributed by atoms with E-state index in [0.717, 1.165) is 64.2 Å². The van der Waals surface area contributed by atoms with Crippen LogP contribution in [0.15, 0.2) is 54.6 Å². The zero-order valence-corrected chi connectivity index (χ0v) is 31.2. The van der Waals surface area contributed by atoms with Gasteiger partial charge in [0.25, 0.3) is 0 Å². The van der Waals surface area contributed by atoms with Crippen molar-refractivity contribution in [2.24, 2.45) is 5.73 Å². The number of carbonyl (C=O) groups is 2. The number of nitrogens with two attached hydrogens (primary N) is 1. The lowest BCUT2D eigenvalue weighted by Gasteiger charge is -2.29. The molecule has 1 rings (SSSR count). The number of rotatable bonds is 33. The maximum Gasteiger partial charge on any atom is 0.343 e. The minimum Gasteiger partial charge on any atom is -0.404 e. The van der Waals surface area contributed by atoms with Crippen LogP contribution in [0.4, 0.5) is 0 Å². The summed E-state index contributed by atoms with van der Waals surface area (Å²) in [5.41, 5.74) is 6.89. The molecule has 0 aliphatic heterocycles. The Morgan fingerprint density at radius 3 is 1.17 bits per heavy atom. The highest BCUT2D eigenvalue weighted by Crippen LogP contribution is 2.24. The first-order valence-electron chi connectivity index (χ1n) is 20.1. The van der Waals surface area contributed by atoms with Gasteiger partial charge >= 0.3 is 17.8 Å². The van der Waals surface area contributed by atoms with Crippen LogP contribution < -0.4 is 5.73 Å². The molecule has 0 heterocycles. The Bertz CT molecular complexity index is 887. The van der Waals surface area contributed by atoms with Gasteiger partial charge in [-0.05, 0) is 76.3 Å². The third-order valence-electron chi connectivity index (χ3n) is 8.99. The average molecular weight is 668 g/mol. The van der Waals surface area contributed by atoms with E-state index in [9.17, 15) is 9.59 Å². The number of esters is 2. The number of hydrogen-bond donors (Lipinski definition) is 1. The smallest absolute Gasteiger partial charge is 0.343 e. The average Bonchev–Trinajstić information content (AvgIpc) is 3.08. The first-order valence-corrected chi connectivity index (χ1v) is 20.1. The number of unbranched alkanes of at least 4 members (excludes halogenated alkanes) is 22. The number of hydrogen-bond acceptors (Lipinski definition) is 5. The Labute approximate surface area is 295 Å². The largest absolute Gasteiger partial charge is 0.404 e. The quantitative estimate of drug-likeness (QED) is 0.0349. The predicted octanol–water partition coefficient (Wildman–Crippen LogP) is 12.9. The first kappa shape index (κ1) is 43.6. The second-order valence-electron chi connectivity index (χ2n) is 13.7. The third kappa shape index (κ3) is 25.6. The van der Waals surface area contributed by atoms with Gasteiger partial charge in [-0.3, -0.25) is 15.3 Å². The molecular formula is C43H73NO4. The van der Waals surface area contributed by atoms with Gasteiger partial charge in [0.15, 0.2) is 0 Å². The summed E-state index contributed by atoms with van der Waals surface area (Å²) in [4.78, 5) is 25.5. The molecule has 48 heavy (non-hydrogen) atoms. The zero-order valence-electron chi connectivity index (χ0n) is 31.2. The highest BCUT2D eigenvalue weighted by Gasteiger charge is 2.36. The van der Waals surface area contributed by atoms with Crippen LogP contribution in [0.2, 0.25) is 0 Å². The normalized spacial score (nSPS) is 11.9. The van der Waals surface area contributed by atoms with E-state index in [1.165, 1.54) is 103 Å². The zero-order chi connectivity index (χ0) is 34.8. The molecule has 0 aliphatic carbocycles. The molecule has 1 aromatic rings. The minimum absolute atomic E-state index is 0.260. The van der Waals surface area contributed by atoms with Gasteiger partial charge in [0, 0.05) is 12.8 Å². The van der Waals surface area contributed by atoms with E-state index in [0.29, 0.717) is 5.56 Å². The second kappa shape index (κ2) is 31.8. The number of allylic oxidation sites excluding steroid dienone is 4. The second-order valence-corrected chi connectivity index (χ2v) is 13.7. The van der Waals surface area contributed by atoms with Crippen molar-refractivity contribution in [3.63, 3.8) is 0 Å². The molecule has 0 bridgehead atoms. The van der Waals surface area contributed by atoms with Crippen molar-refractivity contribution in [3.05, 3.63) is 60.2 Å². The van der Waals surface area contributed by atoms with Crippen molar-refractivity contribution in [2.45, 2.75) is 200 Å². The molecule has 0 spiro atoms. The fraction of sp³-hybridized carbons (Fsp3) is 0.721. The van der Waals surface area contributed by atoms with Crippen LogP contribution in [0.1, 0.15) is 199 Å². The summed E-state index contributed by atoms with van der Waals surface area (Å²) in [5.74, 6) is -2.78. The van der Waals surface area contributed by atoms with Crippen LogP contribution in [0, 0.1) is 0 Å². The fourth-order valence-electron chi connectivity index (χ4n) is 5.93. The summed E-state index contributed by atoms with van der Waals surface area (Å²) in [6, 6.07) is 8.90. The van der Waals surface area contributed by atoms with Gasteiger partial charge in [0.1, 0.15) is 0 Å². The SMILES string of the molecule is CCCCCCCC/C=C\CCCCCCCC(=O)OC(N)(OC(=O)CCCCCCC/C=C\CCCCCCCC)c1ccccc1. The van der Waals surface area contributed by atoms with Crippen LogP contribution in [0.25, 0.3) is 0 Å². The highest BCUT2D eigenvalue weighted by molar-refractivity contribution is 5.72. The van der Waals surface area contributed by atoms with Crippen molar-refractivity contribution in [3.8, 4) is 0 Å². The molecule has 2 N–H and O–H groups in total. The van der Waals surface area contributed by atoms with Crippen LogP contribution in [-0.4, -0.2) is 11.9 Å². The van der Waals surface area contributed by atoms with Gasteiger partial charge < -0.3 is 9.47 Å². The molecule has 0 aliphatic rings. The number of benzene rings is 1. The van der Waals surface area contributed by atoms with Crippen molar-refractivity contribution in [1.29, 1.82) is 0 Å². The van der Waals surface area contributed by atoms with Crippen molar-refractivity contribution < 1.29 is 19.1 Å². The van der Waals surface area contributed by atoms with Crippen LogP contribution in [0.3, 0.4) is 0 Å². The minimum atomic E-state index is -1.90. The van der Waals surface area contributed by atoms with Crippen LogP contribution in [-0.2, 0) is 25.0 Å². The van der Waals surface area contributed by atoms with Gasteiger partial charge in [0.2, 0.25) is 0 Å². The Kier molecular flexibility index (Phi) is 28.9. The molecular weight excluding hydrogens is 594 g/mol. The van der Waals surface area contributed by atoms with Gasteiger partial charge in [0.05, 0.1) is 5.56 Å². The third-order valence-corrected chi connectivity index (χ3v) is 8.99. The van der Waals surface area contributed by atoms with Gasteiger partial charge in [-0.1, -0.05) is 159 Å². The molecule has 5 heteroatoms. The van der Waals surface area contributed by atoms with Crippen LogP contribution >= 0.6 is 0 Å². The first-order chi connectivity index (χ1) is 23.5. The molecule has 0 fully saturated rings. The Balaban J connectivity index is 2.20. The topological polar surface area (TPSA) is 78.6 Å². The summed E-state index contributed by atoms with van der Waals surface area (Å²) < 4.78 is 11.2. The van der Waals surface area contributed by atoms with Crippen LogP contribution in [0.5, 0.6) is 0 Å². The lowest BCUT2D eigenvalue weighted by Crippen LogP contribution is -2.45. The number of carbonyl (C=O) groups excluding carboxylic acids is 2. The highest BCUT2D eigenvalue weighted by atomic mass is 16.7. The molecule has 0 saturated heterocycles. The van der Waals surface area contributed by atoms with E-state index < -0.39 is 17.8 Å². The predicted molar refractivity (Wildman–Crippen MR) is 203 cm³/mol. The standard InChI is InChI=1S/C43H73NO4/c1-3-5-7-9-11-13-15-17-19-21-23-25-27-29-34-38-41(45)47-43(44,40-36-32-31-33-37-40)48-42(46)39-35-30-28-26-24-22-20-18-16-14-12-10-8-6-4-2/h17-20,31-33,36-37H,3-16,21-30,34-35,38-39,44H2,1-2H3/b19-17-,20-18-. The summed E-state index contributed by atoms with van der Waals surface area (Å²) in [6.45, 7) is 4.52. The molecule has 0 atom stereocenters. The molecule has 5 nitrogen and oxygen atoms in total. The van der Waals surface area contributed by atoms with E-state index in [2.05, 4.69) is 38.2 Å². The summed E-state index contributed by atoms with van der Waals surface area (Å²) >= 11 is 0. The molecule has 1 aromatic carbocycles.